The molecule has 1 rings (SSSR count). The van der Waals surface area contributed by atoms with E-state index in [9.17, 15) is 4.79 Å². The summed E-state index contributed by atoms with van der Waals surface area (Å²) in [6, 6.07) is 8.29. The summed E-state index contributed by atoms with van der Waals surface area (Å²) < 4.78 is 0. The first-order chi connectivity index (χ1) is 6.13. The van der Waals surface area contributed by atoms with Crippen LogP contribution >= 0.6 is 0 Å². The van der Waals surface area contributed by atoms with E-state index in [1.165, 1.54) is 6.92 Å². The van der Waals surface area contributed by atoms with Crippen LogP contribution < -0.4 is 5.73 Å². The monoisotopic (exact) mass is 179 g/mol. The second-order valence-electron chi connectivity index (χ2n) is 2.97. The lowest BCUT2D eigenvalue weighted by atomic mass is 10.0. The Hall–Kier alpha value is -1.19. The van der Waals surface area contributed by atoms with Gasteiger partial charge in [0.25, 0.3) is 0 Å². The maximum absolute atomic E-state index is 11.3. The Balaban J connectivity index is 2.80. The third-order valence-electron chi connectivity index (χ3n) is 1.88. The number of hydrogen-bond acceptors (Lipinski definition) is 3. The van der Waals surface area contributed by atoms with E-state index in [0.717, 1.165) is 5.56 Å². The first kappa shape index (κ1) is 9.89. The van der Waals surface area contributed by atoms with Gasteiger partial charge in [0, 0.05) is 0 Å². The Morgan fingerprint density at radius 3 is 2.38 bits per heavy atom. The molecule has 1 aromatic rings. The molecule has 13 heavy (non-hydrogen) atoms. The number of carbonyl (C=O) groups excluding carboxylic acids is 1. The summed E-state index contributed by atoms with van der Waals surface area (Å²) in [5.74, 6) is -0.355. The normalized spacial score (nSPS) is 15.0. The van der Waals surface area contributed by atoms with Gasteiger partial charge < -0.3 is 10.8 Å². The van der Waals surface area contributed by atoms with Crippen LogP contribution in [0.25, 0.3) is 0 Å². The third kappa shape index (κ3) is 2.37. The number of aliphatic hydroxyl groups is 1. The quantitative estimate of drug-likeness (QED) is 0.715. The number of benzene rings is 1. The highest BCUT2D eigenvalue weighted by atomic mass is 16.3. The molecule has 0 radical (unpaired) electrons. The molecule has 3 nitrogen and oxygen atoms in total. The van der Waals surface area contributed by atoms with E-state index >= 15 is 0 Å². The van der Waals surface area contributed by atoms with Crippen LogP contribution in [0.3, 0.4) is 0 Å². The average Bonchev–Trinajstić information content (AvgIpc) is 2.17. The first-order valence-electron chi connectivity index (χ1n) is 4.15. The smallest absolute Gasteiger partial charge is 0.182 e. The summed E-state index contributed by atoms with van der Waals surface area (Å²) >= 11 is 0. The van der Waals surface area contributed by atoms with Crippen molar-refractivity contribution in [3.05, 3.63) is 35.9 Å². The van der Waals surface area contributed by atoms with E-state index < -0.39 is 12.1 Å². The molecular formula is C10H13NO2. The number of Topliss-reactive ketones (excluding diaryl/α,β-unsaturated/α-hetero) is 1. The van der Waals surface area contributed by atoms with Gasteiger partial charge in [-0.15, -0.1) is 0 Å². The van der Waals surface area contributed by atoms with E-state index in [1.807, 2.05) is 18.2 Å². The van der Waals surface area contributed by atoms with Crippen LogP contribution in [0.5, 0.6) is 0 Å². The molecule has 0 aromatic heterocycles. The van der Waals surface area contributed by atoms with E-state index in [0.29, 0.717) is 0 Å². The number of hydrogen-bond donors (Lipinski definition) is 2. The van der Waals surface area contributed by atoms with Crippen molar-refractivity contribution in [1.29, 1.82) is 0 Å². The molecule has 0 aliphatic heterocycles. The molecule has 0 heterocycles. The lowest BCUT2D eigenvalue weighted by Crippen LogP contribution is -2.29. The molecule has 0 saturated carbocycles. The van der Waals surface area contributed by atoms with Crippen LogP contribution in [0.15, 0.2) is 30.3 Å². The lowest BCUT2D eigenvalue weighted by molar-refractivity contribution is -0.127. The molecule has 0 spiro atoms. The van der Waals surface area contributed by atoms with E-state index in [1.54, 1.807) is 12.1 Å². The molecule has 0 saturated heterocycles. The summed E-state index contributed by atoms with van der Waals surface area (Å²) in [6.45, 7) is 1.42. The van der Waals surface area contributed by atoms with Crippen molar-refractivity contribution in [3.8, 4) is 0 Å². The fraction of sp³-hybridized carbons (Fsp3) is 0.300. The van der Waals surface area contributed by atoms with Crippen LogP contribution in [0.2, 0.25) is 0 Å². The van der Waals surface area contributed by atoms with Crippen molar-refractivity contribution in [2.45, 2.75) is 19.1 Å². The molecule has 70 valence electrons. The zero-order valence-corrected chi connectivity index (χ0v) is 7.47. The highest BCUT2D eigenvalue weighted by molar-refractivity contribution is 5.88. The Labute approximate surface area is 77.2 Å². The van der Waals surface area contributed by atoms with Gasteiger partial charge in [-0.05, 0) is 12.5 Å². The minimum atomic E-state index is -1.00. The fourth-order valence-corrected chi connectivity index (χ4v) is 1.08. The molecule has 0 aliphatic rings. The number of aliphatic hydroxyl groups excluding tert-OH is 1. The van der Waals surface area contributed by atoms with E-state index in [4.69, 9.17) is 10.8 Å². The van der Waals surface area contributed by atoms with Gasteiger partial charge in [-0.3, -0.25) is 4.79 Å². The second-order valence-corrected chi connectivity index (χ2v) is 2.97. The molecule has 3 N–H and O–H groups in total. The minimum absolute atomic E-state index is 0.355. The summed E-state index contributed by atoms with van der Waals surface area (Å²) in [6.07, 6.45) is -1.00. The largest absolute Gasteiger partial charge is 0.386 e. The Kier molecular flexibility index (Phi) is 3.17. The van der Waals surface area contributed by atoms with Crippen molar-refractivity contribution in [2.75, 3.05) is 0 Å². The van der Waals surface area contributed by atoms with Crippen LogP contribution in [0.1, 0.15) is 18.5 Å². The maximum Gasteiger partial charge on any atom is 0.182 e. The topological polar surface area (TPSA) is 63.3 Å². The third-order valence-corrected chi connectivity index (χ3v) is 1.88. The van der Waals surface area contributed by atoms with Crippen molar-refractivity contribution in [3.63, 3.8) is 0 Å². The molecule has 0 amide bonds. The van der Waals surface area contributed by atoms with Gasteiger partial charge in [-0.25, -0.2) is 0 Å². The Bertz CT molecular complexity index is 282. The number of carbonyl (C=O) groups is 1. The highest BCUT2D eigenvalue weighted by Gasteiger charge is 2.19. The maximum atomic E-state index is 11.3. The number of nitrogens with two attached hydrogens (primary N) is 1. The average molecular weight is 179 g/mol. The summed E-state index contributed by atoms with van der Waals surface area (Å²) in [4.78, 5) is 11.3. The van der Waals surface area contributed by atoms with Gasteiger partial charge in [0.15, 0.2) is 5.78 Å². The fourth-order valence-electron chi connectivity index (χ4n) is 1.08. The zero-order chi connectivity index (χ0) is 9.84. The molecule has 0 aliphatic carbocycles. The SMILES string of the molecule is CC(O)C(=O)[C@@H](N)c1ccccc1. The van der Waals surface area contributed by atoms with Gasteiger partial charge in [0.05, 0.1) is 6.04 Å². The molecular weight excluding hydrogens is 166 g/mol. The van der Waals surface area contributed by atoms with Gasteiger partial charge in [0.1, 0.15) is 6.10 Å². The van der Waals surface area contributed by atoms with Crippen molar-refractivity contribution in [1.82, 2.24) is 0 Å². The van der Waals surface area contributed by atoms with Crippen LogP contribution in [-0.4, -0.2) is 17.0 Å². The molecule has 2 atom stereocenters. The number of ketones is 1. The standard InChI is InChI=1S/C10H13NO2/c1-7(12)10(13)9(11)8-5-3-2-4-6-8/h2-7,9,12H,11H2,1H3/t7?,9-/m0/s1. The van der Waals surface area contributed by atoms with Crippen molar-refractivity contribution in [2.24, 2.45) is 5.73 Å². The van der Waals surface area contributed by atoms with Crippen LogP contribution in [0, 0.1) is 0 Å². The molecule has 0 bridgehead atoms. The van der Waals surface area contributed by atoms with E-state index in [2.05, 4.69) is 0 Å². The molecule has 0 fully saturated rings. The van der Waals surface area contributed by atoms with Crippen molar-refractivity contribution >= 4 is 5.78 Å². The highest BCUT2D eigenvalue weighted by Crippen LogP contribution is 2.11. The molecule has 3 heteroatoms. The zero-order valence-electron chi connectivity index (χ0n) is 7.47. The predicted molar refractivity (Wildman–Crippen MR) is 50.1 cm³/mol. The summed E-state index contributed by atoms with van der Waals surface area (Å²) in [5.41, 5.74) is 6.36. The second kappa shape index (κ2) is 4.16. The van der Waals surface area contributed by atoms with E-state index in [-0.39, 0.29) is 5.78 Å². The molecule has 1 aromatic carbocycles. The van der Waals surface area contributed by atoms with Gasteiger partial charge in [-0.1, -0.05) is 30.3 Å². The Morgan fingerprint density at radius 2 is 1.92 bits per heavy atom. The predicted octanol–water partition coefficient (Wildman–Crippen LogP) is 0.636. The van der Waals surface area contributed by atoms with Crippen LogP contribution in [-0.2, 0) is 4.79 Å². The summed E-state index contributed by atoms with van der Waals surface area (Å²) in [5, 5.41) is 9.02. The van der Waals surface area contributed by atoms with Gasteiger partial charge in [0.2, 0.25) is 0 Å². The van der Waals surface area contributed by atoms with Crippen molar-refractivity contribution < 1.29 is 9.90 Å². The molecule has 1 unspecified atom stereocenters. The minimum Gasteiger partial charge on any atom is -0.386 e. The number of rotatable bonds is 3. The summed E-state index contributed by atoms with van der Waals surface area (Å²) in [7, 11) is 0. The van der Waals surface area contributed by atoms with Gasteiger partial charge in [-0.2, -0.15) is 0 Å². The Morgan fingerprint density at radius 1 is 1.38 bits per heavy atom. The lowest BCUT2D eigenvalue weighted by Gasteiger charge is -2.12. The van der Waals surface area contributed by atoms with Gasteiger partial charge >= 0.3 is 0 Å². The van der Waals surface area contributed by atoms with Crippen LogP contribution in [0.4, 0.5) is 0 Å². The first-order valence-corrected chi connectivity index (χ1v) is 4.15.